The number of aromatic nitrogens is 3. The first-order valence-electron chi connectivity index (χ1n) is 6.66. The third-order valence-corrected chi connectivity index (χ3v) is 4.43. The van der Waals surface area contributed by atoms with Gasteiger partial charge >= 0.3 is 0 Å². The number of aryl methyl sites for hydroxylation is 1. The fourth-order valence-electron chi connectivity index (χ4n) is 2.68. The molecule has 0 radical (unpaired) electrons. The van der Waals surface area contributed by atoms with Crippen molar-refractivity contribution in [2.24, 2.45) is 0 Å². The number of thiophene rings is 1. The Morgan fingerprint density at radius 3 is 2.80 bits per heavy atom. The summed E-state index contributed by atoms with van der Waals surface area (Å²) in [6.45, 7) is 3.07. The van der Waals surface area contributed by atoms with Crippen molar-refractivity contribution < 1.29 is 0 Å². The van der Waals surface area contributed by atoms with E-state index in [-0.39, 0.29) is 0 Å². The van der Waals surface area contributed by atoms with Crippen molar-refractivity contribution in [2.75, 3.05) is 0 Å². The normalized spacial score (nSPS) is 11.4. The largest absolute Gasteiger partial charge is 0.338 e. The Morgan fingerprint density at radius 1 is 1.10 bits per heavy atom. The summed E-state index contributed by atoms with van der Waals surface area (Å²) in [4.78, 5) is 10.4. The molecular weight excluding hydrogens is 266 g/mol. The van der Waals surface area contributed by atoms with Crippen LogP contribution in [-0.2, 0) is 6.54 Å². The van der Waals surface area contributed by atoms with Crippen LogP contribution in [0.2, 0.25) is 0 Å². The molecule has 4 aromatic rings. The lowest BCUT2D eigenvalue weighted by Gasteiger charge is -2.02. The van der Waals surface area contributed by atoms with Gasteiger partial charge in [-0.05, 0) is 24.4 Å². The van der Waals surface area contributed by atoms with Crippen molar-refractivity contribution in [3.05, 3.63) is 48.0 Å². The highest BCUT2D eigenvalue weighted by Crippen LogP contribution is 2.29. The van der Waals surface area contributed by atoms with E-state index in [1.54, 1.807) is 11.3 Å². The third kappa shape index (κ3) is 1.58. The summed E-state index contributed by atoms with van der Waals surface area (Å²) in [6, 6.07) is 12.5. The van der Waals surface area contributed by atoms with E-state index in [2.05, 4.69) is 52.2 Å². The van der Waals surface area contributed by atoms with Gasteiger partial charge < -0.3 is 4.57 Å². The van der Waals surface area contributed by atoms with Crippen LogP contribution in [0, 0.1) is 0 Å². The molecule has 0 atom stereocenters. The Kier molecular flexibility index (Phi) is 2.57. The van der Waals surface area contributed by atoms with Crippen LogP contribution in [-0.4, -0.2) is 14.5 Å². The quantitative estimate of drug-likeness (QED) is 0.546. The zero-order valence-corrected chi connectivity index (χ0v) is 11.9. The van der Waals surface area contributed by atoms with E-state index in [0.717, 1.165) is 28.3 Å². The number of fused-ring (bicyclic) bond motifs is 3. The molecular formula is C16H13N3S. The van der Waals surface area contributed by atoms with Gasteiger partial charge in [0, 0.05) is 11.9 Å². The van der Waals surface area contributed by atoms with Gasteiger partial charge in [-0.25, -0.2) is 9.97 Å². The molecule has 3 heterocycles. The van der Waals surface area contributed by atoms with E-state index in [4.69, 9.17) is 4.98 Å². The van der Waals surface area contributed by atoms with Crippen LogP contribution in [0.4, 0.5) is 0 Å². The minimum Gasteiger partial charge on any atom is -0.338 e. The molecule has 0 amide bonds. The van der Waals surface area contributed by atoms with E-state index < -0.39 is 0 Å². The summed E-state index contributed by atoms with van der Waals surface area (Å²) in [7, 11) is 0. The molecule has 3 aromatic heterocycles. The third-order valence-electron chi connectivity index (χ3n) is 3.57. The molecule has 0 fully saturated rings. The minimum absolute atomic E-state index is 0.812. The fraction of sp³-hybridized carbons (Fsp3) is 0.125. The van der Waals surface area contributed by atoms with Crippen LogP contribution in [0.15, 0.2) is 48.0 Å². The number of hydrogen-bond donors (Lipinski definition) is 0. The Labute approximate surface area is 120 Å². The Balaban J connectivity index is 2.10. The highest BCUT2D eigenvalue weighted by Gasteiger charge is 2.12. The number of hydrogen-bond acceptors (Lipinski definition) is 3. The maximum absolute atomic E-state index is 4.79. The second kappa shape index (κ2) is 4.42. The summed E-state index contributed by atoms with van der Waals surface area (Å²) in [5, 5.41) is 3.25. The highest BCUT2D eigenvalue weighted by molar-refractivity contribution is 7.13. The van der Waals surface area contributed by atoms with Gasteiger partial charge in [-0.2, -0.15) is 0 Å². The molecule has 98 valence electrons. The van der Waals surface area contributed by atoms with E-state index >= 15 is 0 Å². The van der Waals surface area contributed by atoms with Crippen LogP contribution in [0.25, 0.3) is 32.6 Å². The van der Waals surface area contributed by atoms with Gasteiger partial charge in [0.05, 0.1) is 22.1 Å². The topological polar surface area (TPSA) is 30.7 Å². The predicted molar refractivity (Wildman–Crippen MR) is 84.0 cm³/mol. The van der Waals surface area contributed by atoms with Gasteiger partial charge in [0.2, 0.25) is 0 Å². The second-order valence-corrected chi connectivity index (χ2v) is 5.61. The first kappa shape index (κ1) is 11.6. The van der Waals surface area contributed by atoms with Gasteiger partial charge in [0.15, 0.2) is 5.82 Å². The van der Waals surface area contributed by atoms with Crippen LogP contribution in [0.3, 0.4) is 0 Å². The van der Waals surface area contributed by atoms with Crippen LogP contribution < -0.4 is 0 Å². The highest BCUT2D eigenvalue weighted by atomic mass is 32.1. The van der Waals surface area contributed by atoms with E-state index in [1.165, 1.54) is 10.9 Å². The Hall–Kier alpha value is -2.20. The smallest absolute Gasteiger partial charge is 0.170 e. The maximum atomic E-state index is 4.79. The monoisotopic (exact) mass is 279 g/mol. The second-order valence-electron chi connectivity index (χ2n) is 4.67. The molecule has 0 aliphatic rings. The molecule has 0 spiro atoms. The molecule has 4 heteroatoms. The molecule has 4 rings (SSSR count). The van der Waals surface area contributed by atoms with Gasteiger partial charge in [0.1, 0.15) is 5.52 Å². The summed E-state index contributed by atoms with van der Waals surface area (Å²) in [5.74, 6) is 0.812. The lowest BCUT2D eigenvalue weighted by atomic mass is 10.2. The molecule has 0 saturated carbocycles. The lowest BCUT2D eigenvalue weighted by Crippen LogP contribution is -1.94. The van der Waals surface area contributed by atoms with Crippen molar-refractivity contribution >= 4 is 33.3 Å². The van der Waals surface area contributed by atoms with Crippen molar-refractivity contribution in [1.29, 1.82) is 0 Å². The SMILES string of the molecule is CCn1c2ccccc2c2nc(-c3cccs3)ncc21. The molecule has 3 nitrogen and oxygen atoms in total. The summed E-state index contributed by atoms with van der Waals surface area (Å²) >= 11 is 1.67. The first-order valence-corrected chi connectivity index (χ1v) is 7.54. The van der Waals surface area contributed by atoms with Gasteiger partial charge in [-0.3, -0.25) is 0 Å². The summed E-state index contributed by atoms with van der Waals surface area (Å²) in [5.41, 5.74) is 3.37. The van der Waals surface area contributed by atoms with Crippen LogP contribution in [0.1, 0.15) is 6.92 Å². The molecule has 0 bridgehead atoms. The average molecular weight is 279 g/mol. The molecule has 0 unspecified atom stereocenters. The van der Waals surface area contributed by atoms with Gasteiger partial charge in [-0.1, -0.05) is 24.3 Å². The van der Waals surface area contributed by atoms with Crippen molar-refractivity contribution in [1.82, 2.24) is 14.5 Å². The number of benzene rings is 1. The summed E-state index contributed by atoms with van der Waals surface area (Å²) in [6.07, 6.45) is 1.95. The van der Waals surface area contributed by atoms with E-state index in [0.29, 0.717) is 0 Å². The number of rotatable bonds is 2. The molecule has 1 aromatic carbocycles. The first-order chi connectivity index (χ1) is 9.88. The molecule has 0 aliphatic carbocycles. The zero-order valence-electron chi connectivity index (χ0n) is 11.1. The molecule has 0 N–H and O–H groups in total. The lowest BCUT2D eigenvalue weighted by molar-refractivity contribution is 0.824. The van der Waals surface area contributed by atoms with Crippen molar-refractivity contribution in [3.8, 4) is 10.7 Å². The van der Waals surface area contributed by atoms with E-state index in [9.17, 15) is 0 Å². The van der Waals surface area contributed by atoms with E-state index in [1.807, 2.05) is 12.3 Å². The average Bonchev–Trinajstić information content (AvgIpc) is 3.12. The molecule has 0 aliphatic heterocycles. The number of nitrogens with zero attached hydrogens (tertiary/aromatic N) is 3. The van der Waals surface area contributed by atoms with Crippen LogP contribution in [0.5, 0.6) is 0 Å². The molecule has 20 heavy (non-hydrogen) atoms. The molecule has 0 saturated heterocycles. The zero-order chi connectivity index (χ0) is 13.5. The maximum Gasteiger partial charge on any atom is 0.170 e. The van der Waals surface area contributed by atoms with Crippen molar-refractivity contribution in [2.45, 2.75) is 13.5 Å². The minimum atomic E-state index is 0.812. The standard InChI is InChI=1S/C16H13N3S/c1-2-19-12-7-4-3-6-11(12)15-13(19)10-17-16(18-15)14-8-5-9-20-14/h3-10H,2H2,1H3. The Bertz CT molecular complexity index is 891. The van der Waals surface area contributed by atoms with Gasteiger partial charge in [-0.15, -0.1) is 11.3 Å². The summed E-state index contributed by atoms with van der Waals surface area (Å²) < 4.78 is 2.27. The van der Waals surface area contributed by atoms with Crippen LogP contribution >= 0.6 is 11.3 Å². The fourth-order valence-corrected chi connectivity index (χ4v) is 3.34. The Morgan fingerprint density at radius 2 is 2.00 bits per heavy atom. The predicted octanol–water partition coefficient (Wildman–Crippen LogP) is 4.33. The van der Waals surface area contributed by atoms with Gasteiger partial charge in [0.25, 0.3) is 0 Å². The van der Waals surface area contributed by atoms with Crippen molar-refractivity contribution in [3.63, 3.8) is 0 Å². The number of para-hydroxylation sites is 1.